The van der Waals surface area contributed by atoms with E-state index in [-0.39, 0.29) is 0 Å². The fourth-order valence-electron chi connectivity index (χ4n) is 1.41. The van der Waals surface area contributed by atoms with Crippen LogP contribution in [0.2, 0.25) is 0 Å². The van der Waals surface area contributed by atoms with Crippen LogP contribution in [0.25, 0.3) is 0 Å². The summed E-state index contributed by atoms with van der Waals surface area (Å²) in [5.41, 5.74) is 1.25. The van der Waals surface area contributed by atoms with Gasteiger partial charge in [-0.3, -0.25) is 4.98 Å². The second kappa shape index (κ2) is 6.87. The zero-order chi connectivity index (χ0) is 14.3. The van der Waals surface area contributed by atoms with Crippen LogP contribution in [0, 0.1) is 0 Å². The largest absolute Gasteiger partial charge is 0.444 e. The van der Waals surface area contributed by atoms with E-state index in [1.54, 1.807) is 6.20 Å². The molecule has 1 amide bonds. The van der Waals surface area contributed by atoms with E-state index in [1.165, 1.54) is 0 Å². The lowest BCUT2D eigenvalue weighted by Crippen LogP contribution is -2.32. The van der Waals surface area contributed by atoms with E-state index in [1.807, 2.05) is 32.9 Å². The van der Waals surface area contributed by atoms with Crippen LogP contribution in [0.5, 0.6) is 0 Å². The molecule has 0 bridgehead atoms. The predicted molar refractivity (Wildman–Crippen MR) is 71.7 cm³/mol. The number of hydrogen-bond acceptors (Lipinski definition) is 4. The summed E-state index contributed by atoms with van der Waals surface area (Å²) in [6.07, 6.45) is 3.33. The molecule has 104 valence electrons. The van der Waals surface area contributed by atoms with Gasteiger partial charge in [0.1, 0.15) is 11.9 Å². The molecule has 0 saturated carbocycles. The van der Waals surface area contributed by atoms with Gasteiger partial charge in [-0.2, -0.15) is 0 Å². The van der Waals surface area contributed by atoms with Gasteiger partial charge in [-0.15, -0.1) is 0 Å². The Morgan fingerprint density at radius 1 is 1.42 bits per heavy atom. The molecule has 0 atom stereocenters. The molecule has 0 saturated heterocycles. The van der Waals surface area contributed by atoms with Crippen molar-refractivity contribution in [2.75, 3.05) is 0 Å². The molecule has 0 fully saturated rings. The number of amides is 1. The maximum atomic E-state index is 11.4. The van der Waals surface area contributed by atoms with Crippen molar-refractivity contribution >= 4 is 12.4 Å². The molecule has 0 aliphatic carbocycles. The molecule has 0 aromatic carbocycles. The number of hydrogen-bond donors (Lipinski definition) is 1. The Morgan fingerprint density at radius 3 is 2.68 bits per heavy atom. The number of carbonyl (C=O) groups is 2. The summed E-state index contributed by atoms with van der Waals surface area (Å²) in [5.74, 6) is 0. The smallest absolute Gasteiger partial charge is 0.407 e. The van der Waals surface area contributed by atoms with Gasteiger partial charge in [0.05, 0.1) is 12.2 Å². The van der Waals surface area contributed by atoms with Gasteiger partial charge in [-0.25, -0.2) is 4.79 Å². The van der Waals surface area contributed by atoms with Crippen LogP contribution in [0.15, 0.2) is 18.3 Å². The fraction of sp³-hybridized carbons (Fsp3) is 0.500. The monoisotopic (exact) mass is 264 g/mol. The van der Waals surface area contributed by atoms with Crippen LogP contribution >= 0.6 is 0 Å². The quantitative estimate of drug-likeness (QED) is 0.828. The summed E-state index contributed by atoms with van der Waals surface area (Å²) in [7, 11) is 0. The number of carbonyl (C=O) groups excluding carboxylic acids is 2. The lowest BCUT2D eigenvalue weighted by atomic mass is 10.1. The number of rotatable bonds is 5. The Morgan fingerprint density at radius 2 is 2.16 bits per heavy atom. The highest BCUT2D eigenvalue weighted by atomic mass is 16.6. The van der Waals surface area contributed by atoms with E-state index >= 15 is 0 Å². The summed E-state index contributed by atoms with van der Waals surface area (Å²) in [6, 6.07) is 3.74. The maximum Gasteiger partial charge on any atom is 0.407 e. The highest BCUT2D eigenvalue weighted by Gasteiger charge is 2.15. The van der Waals surface area contributed by atoms with Crippen molar-refractivity contribution in [2.24, 2.45) is 0 Å². The standard InChI is InChI=1S/C14H20N2O3/c1-14(2,3)19-13(18)16-10-12-7-6-11(9-15-12)5-4-8-17/h6-9H,4-5,10H2,1-3H3,(H,16,18). The molecule has 0 aliphatic rings. The lowest BCUT2D eigenvalue weighted by Gasteiger charge is -2.19. The third kappa shape index (κ3) is 6.55. The molecular formula is C14H20N2O3. The van der Waals surface area contributed by atoms with Gasteiger partial charge < -0.3 is 14.8 Å². The minimum atomic E-state index is -0.504. The molecule has 1 aromatic rings. The molecular weight excluding hydrogens is 244 g/mol. The first kappa shape index (κ1) is 15.1. The summed E-state index contributed by atoms with van der Waals surface area (Å²) in [4.78, 5) is 25.9. The molecule has 0 unspecified atom stereocenters. The number of aryl methyl sites for hydroxylation is 1. The number of pyridine rings is 1. The van der Waals surface area contributed by atoms with Crippen molar-refractivity contribution in [3.63, 3.8) is 0 Å². The van der Waals surface area contributed by atoms with E-state index in [4.69, 9.17) is 4.74 Å². The van der Waals surface area contributed by atoms with Gasteiger partial charge in [0, 0.05) is 12.6 Å². The Hall–Kier alpha value is -1.91. The average molecular weight is 264 g/mol. The summed E-state index contributed by atoms with van der Waals surface area (Å²) in [5, 5.41) is 2.64. The molecule has 0 radical (unpaired) electrons. The summed E-state index contributed by atoms with van der Waals surface area (Å²) in [6.45, 7) is 5.76. The second-order valence-electron chi connectivity index (χ2n) is 5.22. The lowest BCUT2D eigenvalue weighted by molar-refractivity contribution is -0.107. The van der Waals surface area contributed by atoms with Crippen LogP contribution in [0.4, 0.5) is 4.79 Å². The van der Waals surface area contributed by atoms with Crippen molar-refractivity contribution in [2.45, 2.75) is 45.8 Å². The van der Waals surface area contributed by atoms with E-state index in [2.05, 4.69) is 10.3 Å². The zero-order valence-electron chi connectivity index (χ0n) is 11.6. The van der Waals surface area contributed by atoms with E-state index < -0.39 is 11.7 Å². The van der Waals surface area contributed by atoms with Gasteiger partial charge in [0.2, 0.25) is 0 Å². The Kier molecular flexibility index (Phi) is 5.48. The Balaban J connectivity index is 2.41. The molecule has 1 N–H and O–H groups in total. The zero-order valence-corrected chi connectivity index (χ0v) is 11.6. The average Bonchev–Trinajstić information content (AvgIpc) is 2.33. The number of alkyl carbamates (subject to hydrolysis) is 1. The summed E-state index contributed by atoms with van der Waals surface area (Å²) >= 11 is 0. The Bertz CT molecular complexity index is 421. The van der Waals surface area contributed by atoms with Gasteiger partial charge in [0.25, 0.3) is 0 Å². The van der Waals surface area contributed by atoms with Crippen LogP contribution in [0.1, 0.15) is 38.4 Å². The van der Waals surface area contributed by atoms with Crippen LogP contribution in [-0.2, 0) is 22.5 Å². The molecule has 19 heavy (non-hydrogen) atoms. The van der Waals surface area contributed by atoms with Crippen molar-refractivity contribution in [1.29, 1.82) is 0 Å². The van der Waals surface area contributed by atoms with Crippen molar-refractivity contribution in [3.05, 3.63) is 29.6 Å². The van der Waals surface area contributed by atoms with Crippen LogP contribution < -0.4 is 5.32 Å². The van der Waals surface area contributed by atoms with E-state index in [9.17, 15) is 9.59 Å². The van der Waals surface area contributed by atoms with Crippen molar-refractivity contribution in [3.8, 4) is 0 Å². The molecule has 1 heterocycles. The minimum Gasteiger partial charge on any atom is -0.444 e. The van der Waals surface area contributed by atoms with E-state index in [0.29, 0.717) is 19.4 Å². The highest BCUT2D eigenvalue weighted by Crippen LogP contribution is 2.07. The topological polar surface area (TPSA) is 68.3 Å². The van der Waals surface area contributed by atoms with Gasteiger partial charge in [-0.05, 0) is 38.8 Å². The van der Waals surface area contributed by atoms with Crippen LogP contribution in [0.3, 0.4) is 0 Å². The number of nitrogens with zero attached hydrogens (tertiary/aromatic N) is 1. The molecule has 1 rings (SSSR count). The summed E-state index contributed by atoms with van der Waals surface area (Å²) < 4.78 is 5.12. The molecule has 5 heteroatoms. The van der Waals surface area contributed by atoms with Crippen LogP contribution in [-0.4, -0.2) is 23.0 Å². The first-order chi connectivity index (χ1) is 8.90. The number of ether oxygens (including phenoxy) is 1. The third-order valence-corrected chi connectivity index (χ3v) is 2.25. The minimum absolute atomic E-state index is 0.322. The molecule has 0 spiro atoms. The van der Waals surface area contributed by atoms with Gasteiger partial charge in [-0.1, -0.05) is 6.07 Å². The first-order valence-electron chi connectivity index (χ1n) is 6.25. The SMILES string of the molecule is CC(C)(C)OC(=O)NCc1ccc(CCC=O)cn1. The Labute approximate surface area is 113 Å². The fourth-order valence-corrected chi connectivity index (χ4v) is 1.41. The maximum absolute atomic E-state index is 11.4. The molecule has 0 aliphatic heterocycles. The number of aldehydes is 1. The van der Waals surface area contributed by atoms with Crippen molar-refractivity contribution < 1.29 is 14.3 Å². The number of aromatic nitrogens is 1. The number of nitrogens with one attached hydrogen (secondary N) is 1. The second-order valence-corrected chi connectivity index (χ2v) is 5.22. The van der Waals surface area contributed by atoms with Crippen molar-refractivity contribution in [1.82, 2.24) is 10.3 Å². The first-order valence-corrected chi connectivity index (χ1v) is 6.25. The molecule has 5 nitrogen and oxygen atoms in total. The molecule has 1 aromatic heterocycles. The van der Waals surface area contributed by atoms with Gasteiger partial charge >= 0.3 is 6.09 Å². The third-order valence-electron chi connectivity index (χ3n) is 2.25. The normalized spacial score (nSPS) is 10.9. The predicted octanol–water partition coefficient (Wildman–Crippen LogP) is 2.24. The van der Waals surface area contributed by atoms with Gasteiger partial charge in [0.15, 0.2) is 0 Å². The highest BCUT2D eigenvalue weighted by molar-refractivity contribution is 5.67. The van der Waals surface area contributed by atoms with E-state index in [0.717, 1.165) is 17.5 Å².